The third-order valence-corrected chi connectivity index (χ3v) is 4.83. The van der Waals surface area contributed by atoms with Crippen molar-refractivity contribution in [1.82, 2.24) is 0 Å². The average molecular weight is 314 g/mol. The topological polar surface area (TPSA) is 84.6 Å². The summed E-state index contributed by atoms with van der Waals surface area (Å²) in [6, 6.07) is -0.640. The van der Waals surface area contributed by atoms with Crippen LogP contribution < -0.4 is 10.5 Å². The summed E-state index contributed by atoms with van der Waals surface area (Å²) in [7, 11) is -2.32. The number of hydrogen-bond donors (Lipinski definition) is 3. The fourth-order valence-corrected chi connectivity index (χ4v) is 3.91. The standard InChI is InChI=1S/C13H16ClN3O2S/c14-11-7-3-1-5-9(7)12(10-6-2-4-8(10)11)16-13(18)17-20(15)19/h20H,1-6H2,(H3,15,16,17,18,19). The van der Waals surface area contributed by atoms with E-state index in [4.69, 9.17) is 16.7 Å². The van der Waals surface area contributed by atoms with E-state index < -0.39 is 16.8 Å². The van der Waals surface area contributed by atoms with E-state index in [0.717, 1.165) is 71.5 Å². The fourth-order valence-electron chi connectivity index (χ4n) is 3.26. The molecule has 0 aliphatic heterocycles. The lowest BCUT2D eigenvalue weighted by Crippen LogP contribution is -2.12. The molecule has 7 heteroatoms. The number of carbonyl (C=O) groups is 1. The van der Waals surface area contributed by atoms with Gasteiger partial charge in [0.2, 0.25) is 0 Å². The minimum absolute atomic E-state index is 0.640. The monoisotopic (exact) mass is 313 g/mol. The van der Waals surface area contributed by atoms with E-state index in [0.29, 0.717) is 0 Å². The third-order valence-electron chi connectivity index (χ3n) is 3.99. The highest BCUT2D eigenvalue weighted by molar-refractivity contribution is 7.72. The molecule has 0 saturated carbocycles. The van der Waals surface area contributed by atoms with Crippen LogP contribution in [-0.2, 0) is 36.5 Å². The summed E-state index contributed by atoms with van der Waals surface area (Å²) in [5.41, 5.74) is 5.37. The van der Waals surface area contributed by atoms with E-state index >= 15 is 0 Å². The average Bonchev–Trinajstić information content (AvgIpc) is 3.02. The van der Waals surface area contributed by atoms with Gasteiger partial charge >= 0.3 is 6.03 Å². The zero-order valence-corrected chi connectivity index (χ0v) is 12.6. The maximum Gasteiger partial charge on any atom is 0.354 e. The van der Waals surface area contributed by atoms with E-state index in [-0.39, 0.29) is 0 Å². The zero-order valence-electron chi connectivity index (χ0n) is 10.9. The zero-order chi connectivity index (χ0) is 14.3. The molecule has 5 nitrogen and oxygen atoms in total. The Bertz CT molecular complexity index is 646. The molecule has 2 amide bonds. The van der Waals surface area contributed by atoms with Crippen LogP contribution in [0.3, 0.4) is 0 Å². The van der Waals surface area contributed by atoms with Gasteiger partial charge in [0.15, 0.2) is 0 Å². The Kier molecular flexibility index (Phi) is 3.70. The van der Waals surface area contributed by atoms with Crippen LogP contribution in [0.15, 0.2) is 4.36 Å². The van der Waals surface area contributed by atoms with Crippen molar-refractivity contribution in [3.63, 3.8) is 0 Å². The van der Waals surface area contributed by atoms with Crippen molar-refractivity contribution < 1.29 is 9.00 Å². The molecule has 0 saturated heterocycles. The lowest BCUT2D eigenvalue weighted by Gasteiger charge is -2.16. The molecule has 2 aliphatic rings. The Morgan fingerprint density at radius 2 is 1.60 bits per heavy atom. The minimum Gasteiger partial charge on any atom is -0.305 e. The van der Waals surface area contributed by atoms with Crippen molar-refractivity contribution in [2.75, 3.05) is 5.32 Å². The van der Waals surface area contributed by atoms with E-state index in [1.54, 1.807) is 0 Å². The summed E-state index contributed by atoms with van der Waals surface area (Å²) in [5, 5.41) is 8.71. The number of benzene rings is 1. The van der Waals surface area contributed by atoms with Crippen LogP contribution in [0.1, 0.15) is 35.1 Å². The number of fused-ring (bicyclic) bond motifs is 2. The summed E-state index contributed by atoms with van der Waals surface area (Å²) < 4.78 is 14.2. The number of hydrogen-bond acceptors (Lipinski definition) is 2. The van der Waals surface area contributed by atoms with Gasteiger partial charge in [-0.1, -0.05) is 11.6 Å². The largest absolute Gasteiger partial charge is 0.354 e. The van der Waals surface area contributed by atoms with Gasteiger partial charge in [-0.25, -0.2) is 14.1 Å². The first-order chi connectivity index (χ1) is 9.58. The Labute approximate surface area is 124 Å². The number of anilines is 1. The van der Waals surface area contributed by atoms with Gasteiger partial charge in [0, 0.05) is 10.7 Å². The van der Waals surface area contributed by atoms with Crippen molar-refractivity contribution in [2.24, 2.45) is 9.50 Å². The quantitative estimate of drug-likeness (QED) is 0.695. The second kappa shape index (κ2) is 5.35. The molecule has 1 unspecified atom stereocenters. The van der Waals surface area contributed by atoms with Gasteiger partial charge in [0.25, 0.3) is 0 Å². The SMILES string of the molecule is N/[SH](=O)=N\C(=O)Nc1c2c(c(Cl)c3c1CCC3)CCC2. The van der Waals surface area contributed by atoms with Gasteiger partial charge in [-0.2, -0.15) is 0 Å². The second-order valence-electron chi connectivity index (χ2n) is 5.14. The third kappa shape index (κ3) is 2.32. The van der Waals surface area contributed by atoms with Crippen molar-refractivity contribution in [1.29, 1.82) is 0 Å². The highest BCUT2D eigenvalue weighted by Gasteiger charge is 2.28. The lowest BCUT2D eigenvalue weighted by molar-refractivity contribution is 0.260. The fraction of sp³-hybridized carbons (Fsp3) is 0.462. The van der Waals surface area contributed by atoms with Gasteiger partial charge < -0.3 is 5.32 Å². The maximum atomic E-state index is 11.7. The number of nitrogens with two attached hydrogens (primary N) is 1. The molecule has 108 valence electrons. The lowest BCUT2D eigenvalue weighted by atomic mass is 9.98. The van der Waals surface area contributed by atoms with Gasteiger partial charge in [-0.3, -0.25) is 0 Å². The Morgan fingerprint density at radius 3 is 2.10 bits per heavy atom. The Hall–Kier alpha value is -1.11. The number of urea groups is 1. The molecule has 0 radical (unpaired) electrons. The number of amides is 2. The molecular formula is C13H16ClN3O2S. The molecule has 3 rings (SSSR count). The molecule has 1 atom stereocenters. The normalized spacial score (nSPS) is 17.9. The van der Waals surface area contributed by atoms with Gasteiger partial charge in [0.05, 0.1) is 0 Å². The molecule has 0 fully saturated rings. The molecular weight excluding hydrogens is 298 g/mol. The molecule has 0 aromatic heterocycles. The predicted octanol–water partition coefficient (Wildman–Crippen LogP) is 2.39. The molecule has 2 aliphatic carbocycles. The van der Waals surface area contributed by atoms with E-state index in [1.807, 2.05) is 0 Å². The summed E-state index contributed by atoms with van der Waals surface area (Å²) in [6.07, 6.45) is 5.81. The van der Waals surface area contributed by atoms with Crippen LogP contribution in [0, 0.1) is 0 Å². The van der Waals surface area contributed by atoms with Gasteiger partial charge in [0.1, 0.15) is 10.8 Å². The number of carbonyl (C=O) groups excluding carboxylic acids is 1. The summed E-state index contributed by atoms with van der Waals surface area (Å²) in [6.45, 7) is 0. The first kappa shape index (κ1) is 13.9. The van der Waals surface area contributed by atoms with Crippen molar-refractivity contribution in [3.05, 3.63) is 27.3 Å². The molecule has 3 N–H and O–H groups in total. The van der Waals surface area contributed by atoms with Crippen LogP contribution in [0.2, 0.25) is 5.02 Å². The van der Waals surface area contributed by atoms with Crippen molar-refractivity contribution in [3.8, 4) is 0 Å². The van der Waals surface area contributed by atoms with Crippen LogP contribution >= 0.6 is 11.6 Å². The van der Waals surface area contributed by atoms with Crippen LogP contribution in [0.5, 0.6) is 0 Å². The highest BCUT2D eigenvalue weighted by Crippen LogP contribution is 2.43. The minimum atomic E-state index is -2.32. The van der Waals surface area contributed by atoms with Gasteiger partial charge in [-0.15, -0.1) is 4.36 Å². The molecule has 0 bridgehead atoms. The van der Waals surface area contributed by atoms with E-state index in [2.05, 4.69) is 9.68 Å². The Morgan fingerprint density at radius 1 is 1.10 bits per heavy atom. The number of nitrogens with one attached hydrogen (secondary N) is 1. The number of halogens is 1. The summed E-state index contributed by atoms with van der Waals surface area (Å²) in [5.74, 6) is 0. The number of rotatable bonds is 1. The molecule has 20 heavy (non-hydrogen) atoms. The predicted molar refractivity (Wildman–Crippen MR) is 80.7 cm³/mol. The maximum absolute atomic E-state index is 11.7. The van der Waals surface area contributed by atoms with Crippen LogP contribution in [0.4, 0.5) is 10.5 Å². The van der Waals surface area contributed by atoms with Gasteiger partial charge in [-0.05, 0) is 60.8 Å². The number of thiol groups is 1. The first-order valence-electron chi connectivity index (χ1n) is 6.67. The van der Waals surface area contributed by atoms with Crippen LogP contribution in [0.25, 0.3) is 0 Å². The second-order valence-corrected chi connectivity index (χ2v) is 6.33. The number of nitrogens with zero attached hydrogens (tertiary/aromatic N) is 1. The smallest absolute Gasteiger partial charge is 0.305 e. The van der Waals surface area contributed by atoms with Crippen molar-refractivity contribution in [2.45, 2.75) is 38.5 Å². The molecule has 1 aromatic rings. The van der Waals surface area contributed by atoms with E-state index in [1.165, 1.54) is 0 Å². The van der Waals surface area contributed by atoms with Crippen LogP contribution in [-0.4, -0.2) is 10.2 Å². The molecule has 0 heterocycles. The first-order valence-corrected chi connectivity index (χ1v) is 8.33. The molecule has 0 spiro atoms. The molecule has 1 aromatic carbocycles. The summed E-state index contributed by atoms with van der Waals surface area (Å²) >= 11 is 6.49. The highest BCUT2D eigenvalue weighted by atomic mass is 35.5. The summed E-state index contributed by atoms with van der Waals surface area (Å²) in [4.78, 5) is 11.7. The van der Waals surface area contributed by atoms with E-state index in [9.17, 15) is 9.00 Å². The Balaban J connectivity index is 2.09. The van der Waals surface area contributed by atoms with Crippen molar-refractivity contribution >= 4 is 34.1 Å².